The van der Waals surface area contributed by atoms with Crippen LogP contribution in [0.1, 0.15) is 85.8 Å². The number of aromatic nitrogens is 1. The smallest absolute Gasteiger partial charge is 0.243 e. The minimum Gasteiger partial charge on any atom is -0.390 e. The van der Waals surface area contributed by atoms with Crippen LogP contribution in [-0.2, 0) is 30.6 Å². The first-order chi connectivity index (χ1) is 18.4. The van der Waals surface area contributed by atoms with Gasteiger partial charge in [-0.25, -0.2) is 0 Å². The van der Waals surface area contributed by atoms with Gasteiger partial charge in [0.15, 0.2) is 11.6 Å². The maximum atomic E-state index is 12.4. The Morgan fingerprint density at radius 1 is 0.974 bits per heavy atom. The third-order valence-electron chi connectivity index (χ3n) is 5.80. The number of nitrogens with zero attached hydrogens (tertiary/aromatic N) is 1. The fourth-order valence-corrected chi connectivity index (χ4v) is 3.13. The number of amides is 3. The molecule has 2 unspecified atom stereocenters. The molecule has 0 spiro atoms. The zero-order chi connectivity index (χ0) is 29.8. The zero-order valence-corrected chi connectivity index (χ0v) is 24.2. The van der Waals surface area contributed by atoms with Gasteiger partial charge in [-0.3, -0.25) is 29.0 Å². The second-order valence-electron chi connectivity index (χ2n) is 9.72. The Hall–Kier alpha value is -3.40. The molecule has 0 aliphatic carbocycles. The molecule has 10 heteroatoms. The lowest BCUT2D eigenvalue weighted by atomic mass is 10.0. The van der Waals surface area contributed by atoms with E-state index >= 15 is 0 Å². The Morgan fingerprint density at radius 2 is 1.67 bits per heavy atom. The lowest BCUT2D eigenvalue weighted by molar-refractivity contribution is -0.130. The summed E-state index contributed by atoms with van der Waals surface area (Å²) in [6.07, 6.45) is 9.31. The number of aliphatic hydroxyl groups excluding tert-OH is 1. The normalized spacial score (nSPS) is 12.2. The summed E-state index contributed by atoms with van der Waals surface area (Å²) < 4.78 is 0. The molecule has 0 radical (unpaired) electrons. The standard InChI is InChI=1S/C20H32N4O4.C9H14O2/c1-4-5-6-7-8-17(26)24-19(14(2)3)20(28)22-12-18(27)23-15-9-10-16(13-25)21-11-15;1-4-7(2)9(11)6-5-8(3)10/h9-11,14,19,25H,4-8,12-13H2,1-3H3,(H,22,28)(H,23,27)(H,24,26);5-7H,4H2,1-3H3/b;6-5-. The van der Waals surface area contributed by atoms with Crippen LogP contribution in [0.3, 0.4) is 0 Å². The number of ketones is 2. The van der Waals surface area contributed by atoms with E-state index in [0.717, 1.165) is 32.1 Å². The monoisotopic (exact) mass is 546 g/mol. The fraction of sp³-hybridized carbons (Fsp3) is 0.586. The number of rotatable bonds is 16. The number of unbranched alkanes of at least 4 members (excludes halogenated alkanes) is 3. The van der Waals surface area contributed by atoms with E-state index in [4.69, 9.17) is 5.11 Å². The molecule has 0 aromatic carbocycles. The van der Waals surface area contributed by atoms with Crippen LogP contribution >= 0.6 is 0 Å². The summed E-state index contributed by atoms with van der Waals surface area (Å²) in [5.41, 5.74) is 0.966. The van der Waals surface area contributed by atoms with Crippen molar-refractivity contribution < 1.29 is 29.1 Å². The predicted molar refractivity (Wildman–Crippen MR) is 152 cm³/mol. The van der Waals surface area contributed by atoms with Crippen LogP contribution in [0.2, 0.25) is 0 Å². The van der Waals surface area contributed by atoms with Crippen LogP contribution in [0.15, 0.2) is 30.5 Å². The molecule has 1 heterocycles. The van der Waals surface area contributed by atoms with Crippen molar-refractivity contribution in [2.75, 3.05) is 11.9 Å². The van der Waals surface area contributed by atoms with Gasteiger partial charge in [0.05, 0.1) is 30.7 Å². The summed E-state index contributed by atoms with van der Waals surface area (Å²) in [6.45, 7) is 10.6. The second kappa shape index (κ2) is 20.5. The second-order valence-corrected chi connectivity index (χ2v) is 9.72. The van der Waals surface area contributed by atoms with E-state index in [1.54, 1.807) is 12.1 Å². The third-order valence-corrected chi connectivity index (χ3v) is 5.80. The SMILES string of the molecule is CCC(C)C(=O)/C=C\C(C)=O.CCCCCCC(=O)NC(C(=O)NCC(=O)Nc1ccc(CO)nc1)C(C)C. The fourth-order valence-electron chi connectivity index (χ4n) is 3.13. The molecular weight excluding hydrogens is 500 g/mol. The van der Waals surface area contributed by atoms with Gasteiger partial charge < -0.3 is 21.1 Å². The molecule has 0 aliphatic rings. The van der Waals surface area contributed by atoms with Crippen LogP contribution < -0.4 is 16.0 Å². The molecule has 39 heavy (non-hydrogen) atoms. The Balaban J connectivity index is 0.00000110. The number of hydrogen-bond donors (Lipinski definition) is 4. The molecule has 0 fully saturated rings. The first-order valence-electron chi connectivity index (χ1n) is 13.6. The first-order valence-corrected chi connectivity index (χ1v) is 13.6. The average Bonchev–Trinajstić information content (AvgIpc) is 2.91. The summed E-state index contributed by atoms with van der Waals surface area (Å²) in [4.78, 5) is 61.9. The van der Waals surface area contributed by atoms with Gasteiger partial charge in [0, 0.05) is 12.3 Å². The molecular formula is C29H46N4O6. The van der Waals surface area contributed by atoms with Gasteiger partial charge in [-0.1, -0.05) is 53.9 Å². The highest BCUT2D eigenvalue weighted by Crippen LogP contribution is 2.07. The molecule has 1 aromatic rings. The Bertz CT molecular complexity index is 944. The van der Waals surface area contributed by atoms with Crippen LogP contribution in [0.5, 0.6) is 0 Å². The number of pyridine rings is 1. The summed E-state index contributed by atoms with van der Waals surface area (Å²) in [5, 5.41) is 16.9. The number of nitrogens with one attached hydrogen (secondary N) is 3. The largest absolute Gasteiger partial charge is 0.390 e. The highest BCUT2D eigenvalue weighted by molar-refractivity contribution is 5.98. The number of anilines is 1. The highest BCUT2D eigenvalue weighted by Gasteiger charge is 2.24. The number of aliphatic hydroxyl groups is 1. The quantitative estimate of drug-likeness (QED) is 0.183. The van der Waals surface area contributed by atoms with E-state index in [2.05, 4.69) is 27.9 Å². The molecule has 3 amide bonds. The van der Waals surface area contributed by atoms with E-state index < -0.39 is 11.9 Å². The number of allylic oxidation sites excluding steroid dienone is 2. The van der Waals surface area contributed by atoms with Crippen molar-refractivity contribution >= 4 is 35.0 Å². The first kappa shape index (κ1) is 35.6. The van der Waals surface area contributed by atoms with Gasteiger partial charge in [-0.05, 0) is 50.0 Å². The maximum absolute atomic E-state index is 12.4. The van der Waals surface area contributed by atoms with E-state index in [1.165, 1.54) is 25.3 Å². The molecule has 0 saturated heterocycles. The molecule has 0 bridgehead atoms. The Labute approximate surface area is 232 Å². The van der Waals surface area contributed by atoms with Crippen molar-refractivity contribution in [1.29, 1.82) is 0 Å². The van der Waals surface area contributed by atoms with E-state index in [-0.39, 0.29) is 48.4 Å². The Kier molecular flexibility index (Phi) is 18.8. The molecule has 0 saturated carbocycles. The van der Waals surface area contributed by atoms with Gasteiger partial charge in [0.1, 0.15) is 6.04 Å². The molecule has 1 aromatic heterocycles. The van der Waals surface area contributed by atoms with Crippen LogP contribution in [-0.4, -0.2) is 52.0 Å². The number of carbonyl (C=O) groups excluding carboxylic acids is 5. The summed E-state index contributed by atoms with van der Waals surface area (Å²) in [7, 11) is 0. The minimum atomic E-state index is -0.683. The summed E-state index contributed by atoms with van der Waals surface area (Å²) in [5.74, 6) is -1.06. The van der Waals surface area contributed by atoms with E-state index in [1.807, 2.05) is 27.7 Å². The van der Waals surface area contributed by atoms with Crippen molar-refractivity contribution in [2.24, 2.45) is 11.8 Å². The zero-order valence-electron chi connectivity index (χ0n) is 24.2. The minimum absolute atomic E-state index is 0.0303. The molecule has 0 aliphatic heterocycles. The molecule has 1 rings (SSSR count). The van der Waals surface area contributed by atoms with Crippen molar-refractivity contribution in [3.63, 3.8) is 0 Å². The van der Waals surface area contributed by atoms with Gasteiger partial charge >= 0.3 is 0 Å². The Morgan fingerprint density at radius 3 is 2.18 bits per heavy atom. The summed E-state index contributed by atoms with van der Waals surface area (Å²) >= 11 is 0. The number of carbonyl (C=O) groups is 5. The lowest BCUT2D eigenvalue weighted by Gasteiger charge is -2.21. The van der Waals surface area contributed by atoms with Gasteiger partial charge in [0.2, 0.25) is 17.7 Å². The third kappa shape index (κ3) is 16.9. The topological polar surface area (TPSA) is 155 Å². The van der Waals surface area contributed by atoms with Gasteiger partial charge in [-0.15, -0.1) is 0 Å². The maximum Gasteiger partial charge on any atom is 0.243 e. The van der Waals surface area contributed by atoms with Crippen LogP contribution in [0, 0.1) is 11.8 Å². The van der Waals surface area contributed by atoms with Gasteiger partial charge in [-0.2, -0.15) is 0 Å². The van der Waals surface area contributed by atoms with Crippen LogP contribution in [0.25, 0.3) is 0 Å². The summed E-state index contributed by atoms with van der Waals surface area (Å²) in [6, 6.07) is 2.53. The lowest BCUT2D eigenvalue weighted by Crippen LogP contribution is -2.51. The average molecular weight is 547 g/mol. The van der Waals surface area contributed by atoms with Gasteiger partial charge in [0.25, 0.3) is 0 Å². The van der Waals surface area contributed by atoms with E-state index in [0.29, 0.717) is 17.8 Å². The highest BCUT2D eigenvalue weighted by atomic mass is 16.3. The van der Waals surface area contributed by atoms with Crippen molar-refractivity contribution in [1.82, 2.24) is 15.6 Å². The molecule has 218 valence electrons. The van der Waals surface area contributed by atoms with Crippen molar-refractivity contribution in [3.05, 3.63) is 36.2 Å². The predicted octanol–water partition coefficient (Wildman–Crippen LogP) is 3.49. The molecule has 4 N–H and O–H groups in total. The molecule has 10 nitrogen and oxygen atoms in total. The van der Waals surface area contributed by atoms with Crippen molar-refractivity contribution in [3.8, 4) is 0 Å². The number of hydrogen-bond acceptors (Lipinski definition) is 7. The van der Waals surface area contributed by atoms with Crippen LogP contribution in [0.4, 0.5) is 5.69 Å². The van der Waals surface area contributed by atoms with Crippen molar-refractivity contribution in [2.45, 2.75) is 92.7 Å². The van der Waals surface area contributed by atoms with E-state index in [9.17, 15) is 24.0 Å². The molecule has 2 atom stereocenters.